The molecule has 0 saturated heterocycles. The van der Waals surface area contributed by atoms with Gasteiger partial charge in [-0.05, 0) is 0 Å². The molecular weight excluding hydrogens is 337 g/mol. The summed E-state index contributed by atoms with van der Waals surface area (Å²) in [6.07, 6.45) is 4.31. The van der Waals surface area contributed by atoms with Crippen LogP contribution in [0.4, 0.5) is 0 Å². The summed E-state index contributed by atoms with van der Waals surface area (Å²) in [4.78, 5) is 0. The monoisotopic (exact) mass is 368 g/mol. The number of hydrogen-bond donors (Lipinski definition) is 0. The molecule has 0 nitrogen and oxygen atoms in total. The molecule has 1 aliphatic carbocycles. The van der Waals surface area contributed by atoms with Crippen molar-refractivity contribution in [2.75, 3.05) is 0 Å². The van der Waals surface area contributed by atoms with Crippen LogP contribution in [0.2, 0.25) is 4.75 Å². The predicted molar refractivity (Wildman–Crippen MR) is 104 cm³/mol. The van der Waals surface area contributed by atoms with E-state index in [9.17, 15) is 0 Å². The first kappa shape index (κ1) is 16.8. The minimum absolute atomic E-state index is 0.813. The molecule has 122 valence electrons. The molecule has 1 aliphatic rings. The van der Waals surface area contributed by atoms with Gasteiger partial charge in [0.1, 0.15) is 0 Å². The van der Waals surface area contributed by atoms with E-state index in [1.807, 2.05) is 0 Å². The van der Waals surface area contributed by atoms with Crippen LogP contribution in [0.15, 0.2) is 60.7 Å². The minimum atomic E-state index is -1.79. The Kier molecular flexibility index (Phi) is 5.63. The number of benzene rings is 2. The first-order valence-electron chi connectivity index (χ1n) is 9.26. The van der Waals surface area contributed by atoms with Gasteiger partial charge in [-0.25, -0.2) is 0 Å². The number of rotatable bonds is 4. The summed E-state index contributed by atoms with van der Waals surface area (Å²) in [5.41, 5.74) is 0. The third kappa shape index (κ3) is 3.91. The van der Waals surface area contributed by atoms with E-state index in [1.165, 1.54) is 19.3 Å². The van der Waals surface area contributed by atoms with Gasteiger partial charge in [-0.2, -0.15) is 0 Å². The second-order valence-corrected chi connectivity index (χ2v) is 14.4. The molecule has 0 bridgehead atoms. The molecule has 1 fully saturated rings. The molecule has 23 heavy (non-hydrogen) atoms. The summed E-state index contributed by atoms with van der Waals surface area (Å²) in [7, 11) is 0. The Balaban J connectivity index is 2.03. The van der Waals surface area contributed by atoms with Crippen molar-refractivity contribution in [1.82, 2.24) is 0 Å². The first-order valence-corrected chi connectivity index (χ1v) is 13.1. The zero-order valence-electron chi connectivity index (χ0n) is 14.8. The van der Waals surface area contributed by atoms with Crippen molar-refractivity contribution in [2.45, 2.75) is 44.8 Å². The van der Waals surface area contributed by atoms with Gasteiger partial charge in [0.05, 0.1) is 0 Å². The molecule has 3 rings (SSSR count). The summed E-state index contributed by atoms with van der Waals surface area (Å²) in [6, 6.07) is 22.9. The fraction of sp³-hybridized carbons (Fsp3) is 0.455. The Labute approximate surface area is 146 Å². The molecule has 3 atom stereocenters. The maximum atomic E-state index is 2.47. The van der Waals surface area contributed by atoms with Crippen molar-refractivity contribution in [3.63, 3.8) is 0 Å². The molecule has 0 N–H and O–H groups in total. The molecule has 2 aromatic rings. The van der Waals surface area contributed by atoms with Gasteiger partial charge in [-0.3, -0.25) is 0 Å². The van der Waals surface area contributed by atoms with Crippen LogP contribution in [0, 0.1) is 17.8 Å². The molecule has 1 heteroatoms. The van der Waals surface area contributed by atoms with Crippen molar-refractivity contribution < 1.29 is 0 Å². The first-order chi connectivity index (χ1) is 11.2. The fourth-order valence-electron chi connectivity index (χ4n) is 4.67. The van der Waals surface area contributed by atoms with Crippen molar-refractivity contribution >= 4 is 23.1 Å². The quantitative estimate of drug-likeness (QED) is 0.699. The third-order valence-corrected chi connectivity index (χ3v) is 13.9. The molecule has 0 unspecified atom stereocenters. The van der Waals surface area contributed by atoms with Gasteiger partial charge in [0.15, 0.2) is 0 Å². The molecule has 0 spiro atoms. The second-order valence-electron chi connectivity index (χ2n) is 7.79. The van der Waals surface area contributed by atoms with Gasteiger partial charge in [-0.15, -0.1) is 0 Å². The van der Waals surface area contributed by atoms with Gasteiger partial charge in [0.2, 0.25) is 0 Å². The van der Waals surface area contributed by atoms with E-state index >= 15 is 0 Å². The molecule has 0 heterocycles. The SMILES string of the molecule is CC(C)[C@H]1CC[C@H](C)C[C@@H]1[GeH]([c]1ccccc1)[c]1ccccc1. The Morgan fingerprint density at radius 1 is 0.826 bits per heavy atom. The molecule has 2 aromatic carbocycles. The van der Waals surface area contributed by atoms with Crippen molar-refractivity contribution in [2.24, 2.45) is 17.8 Å². The zero-order valence-corrected chi connectivity index (χ0v) is 17.2. The summed E-state index contributed by atoms with van der Waals surface area (Å²) in [6.45, 7) is 7.37. The van der Waals surface area contributed by atoms with E-state index in [4.69, 9.17) is 0 Å². The predicted octanol–water partition coefficient (Wildman–Crippen LogP) is 4.49. The van der Waals surface area contributed by atoms with E-state index in [0.717, 1.165) is 22.5 Å². The van der Waals surface area contributed by atoms with Gasteiger partial charge in [0, 0.05) is 0 Å². The molecule has 0 radical (unpaired) electrons. The molecule has 0 amide bonds. The van der Waals surface area contributed by atoms with E-state index in [1.54, 1.807) is 8.79 Å². The van der Waals surface area contributed by atoms with Crippen LogP contribution in [0.1, 0.15) is 40.0 Å². The summed E-state index contributed by atoms with van der Waals surface area (Å²) < 4.78 is 4.29. The van der Waals surface area contributed by atoms with Gasteiger partial charge in [-0.1, -0.05) is 0 Å². The van der Waals surface area contributed by atoms with Crippen LogP contribution in [-0.4, -0.2) is 14.3 Å². The standard InChI is InChI=1S/C22H30Ge/c1-17(2)21-15-14-18(3)16-22(21)23(19-10-6-4-7-11-19)20-12-8-5-9-13-20/h4-13,17-18,21-23H,14-16H2,1-3H3/t18-,21+,22-/m0/s1. The van der Waals surface area contributed by atoms with Gasteiger partial charge >= 0.3 is 146 Å². The van der Waals surface area contributed by atoms with Crippen molar-refractivity contribution in [1.29, 1.82) is 0 Å². The Bertz CT molecular complexity index is 550. The Morgan fingerprint density at radius 3 is 1.83 bits per heavy atom. The number of hydrogen-bond acceptors (Lipinski definition) is 0. The van der Waals surface area contributed by atoms with Crippen LogP contribution in [0.5, 0.6) is 0 Å². The third-order valence-electron chi connectivity index (χ3n) is 5.82. The summed E-state index contributed by atoms with van der Waals surface area (Å²) >= 11 is -1.79. The van der Waals surface area contributed by atoms with Crippen LogP contribution in [0.3, 0.4) is 0 Å². The molecule has 0 aliphatic heterocycles. The molecule has 0 aromatic heterocycles. The van der Waals surface area contributed by atoms with Crippen molar-refractivity contribution in [3.8, 4) is 0 Å². The zero-order chi connectivity index (χ0) is 16.2. The Morgan fingerprint density at radius 2 is 1.35 bits per heavy atom. The van der Waals surface area contributed by atoms with E-state index in [-0.39, 0.29) is 0 Å². The van der Waals surface area contributed by atoms with Crippen LogP contribution < -0.4 is 8.79 Å². The van der Waals surface area contributed by atoms with Gasteiger partial charge < -0.3 is 0 Å². The van der Waals surface area contributed by atoms with E-state index in [0.29, 0.717) is 0 Å². The van der Waals surface area contributed by atoms with Crippen LogP contribution in [-0.2, 0) is 0 Å². The average molecular weight is 367 g/mol. The molecular formula is C22H30Ge. The van der Waals surface area contributed by atoms with E-state index < -0.39 is 14.3 Å². The summed E-state index contributed by atoms with van der Waals surface area (Å²) in [5.74, 6) is 2.63. The Hall–Kier alpha value is -1.02. The molecule has 1 saturated carbocycles. The normalized spacial score (nSPS) is 25.0. The van der Waals surface area contributed by atoms with Crippen LogP contribution >= 0.6 is 0 Å². The van der Waals surface area contributed by atoms with E-state index in [2.05, 4.69) is 81.4 Å². The topological polar surface area (TPSA) is 0 Å². The summed E-state index contributed by atoms with van der Waals surface area (Å²) in [5, 5.41) is 0. The van der Waals surface area contributed by atoms with Crippen LogP contribution in [0.25, 0.3) is 0 Å². The van der Waals surface area contributed by atoms with Crippen molar-refractivity contribution in [3.05, 3.63) is 60.7 Å². The maximum absolute atomic E-state index is 2.47. The second kappa shape index (κ2) is 7.70. The average Bonchev–Trinajstić information content (AvgIpc) is 2.57. The fourth-order valence-corrected chi connectivity index (χ4v) is 14.1. The van der Waals surface area contributed by atoms with Gasteiger partial charge in [0.25, 0.3) is 0 Å².